The molecule has 0 saturated carbocycles. The first-order valence-corrected chi connectivity index (χ1v) is 4.86. The molecule has 1 heterocycles. The quantitative estimate of drug-likeness (QED) is 0.744. The molecule has 1 saturated heterocycles. The molecular weight excluding hydrogens is 189 g/mol. The van der Waals surface area contributed by atoms with E-state index in [1.807, 2.05) is 30.3 Å². The van der Waals surface area contributed by atoms with Gasteiger partial charge in [-0.3, -0.25) is 4.79 Å². The second-order valence-corrected chi connectivity index (χ2v) is 3.91. The lowest BCUT2D eigenvalue weighted by Gasteiger charge is -2.07. The summed E-state index contributed by atoms with van der Waals surface area (Å²) in [7, 11) is 0. The lowest BCUT2D eigenvalue weighted by molar-refractivity contribution is -0.122. The van der Waals surface area contributed by atoms with E-state index in [2.05, 4.69) is 5.32 Å². The van der Waals surface area contributed by atoms with Crippen LogP contribution in [0.2, 0.25) is 0 Å². The van der Waals surface area contributed by atoms with E-state index in [0.717, 1.165) is 17.3 Å². The summed E-state index contributed by atoms with van der Waals surface area (Å²) in [5, 5.41) is 2.34. The molecule has 0 aromatic heterocycles. The SMILES string of the molecule is O=C1NC(c2ccccc2)SC1F. The molecule has 2 nitrogen and oxygen atoms in total. The number of alkyl halides is 1. The second-order valence-electron chi connectivity index (χ2n) is 2.75. The molecule has 2 rings (SSSR count). The van der Waals surface area contributed by atoms with Gasteiger partial charge in [-0.15, -0.1) is 0 Å². The average molecular weight is 197 g/mol. The number of nitrogens with one attached hydrogen (secondary N) is 1. The van der Waals surface area contributed by atoms with Crippen LogP contribution in [0, 0.1) is 0 Å². The van der Waals surface area contributed by atoms with Crippen LogP contribution in [-0.2, 0) is 4.79 Å². The number of halogens is 1. The zero-order chi connectivity index (χ0) is 9.26. The maximum absolute atomic E-state index is 12.8. The van der Waals surface area contributed by atoms with E-state index in [1.165, 1.54) is 0 Å². The summed E-state index contributed by atoms with van der Waals surface area (Å²) in [6.07, 6.45) is 0. The van der Waals surface area contributed by atoms with Gasteiger partial charge in [0, 0.05) is 0 Å². The molecule has 1 aromatic rings. The van der Waals surface area contributed by atoms with Crippen molar-refractivity contribution in [3.8, 4) is 0 Å². The van der Waals surface area contributed by atoms with Crippen LogP contribution in [0.3, 0.4) is 0 Å². The zero-order valence-corrected chi connectivity index (χ0v) is 7.55. The summed E-state index contributed by atoms with van der Waals surface area (Å²) in [5.74, 6) is -0.529. The summed E-state index contributed by atoms with van der Waals surface area (Å²) in [5.41, 5.74) is -0.494. The van der Waals surface area contributed by atoms with Gasteiger partial charge in [0.05, 0.1) is 0 Å². The van der Waals surface area contributed by atoms with E-state index < -0.39 is 11.4 Å². The molecule has 2 unspecified atom stereocenters. The second kappa shape index (κ2) is 3.38. The van der Waals surface area contributed by atoms with Gasteiger partial charge in [0.15, 0.2) is 0 Å². The van der Waals surface area contributed by atoms with Crippen molar-refractivity contribution in [3.05, 3.63) is 35.9 Å². The third-order valence-electron chi connectivity index (χ3n) is 1.84. The van der Waals surface area contributed by atoms with Gasteiger partial charge in [0.1, 0.15) is 5.37 Å². The number of carbonyl (C=O) groups excluding carboxylic acids is 1. The van der Waals surface area contributed by atoms with E-state index in [-0.39, 0.29) is 5.37 Å². The number of thioether (sulfide) groups is 1. The molecule has 1 aromatic carbocycles. The van der Waals surface area contributed by atoms with Gasteiger partial charge in [-0.1, -0.05) is 42.1 Å². The summed E-state index contributed by atoms with van der Waals surface area (Å²) >= 11 is 0.999. The normalized spacial score (nSPS) is 27.3. The van der Waals surface area contributed by atoms with Crippen molar-refractivity contribution in [1.82, 2.24) is 5.32 Å². The van der Waals surface area contributed by atoms with Gasteiger partial charge in [0.25, 0.3) is 5.91 Å². The number of hydrogen-bond donors (Lipinski definition) is 1. The number of benzene rings is 1. The average Bonchev–Trinajstić information content (AvgIpc) is 2.49. The van der Waals surface area contributed by atoms with E-state index in [0.29, 0.717) is 0 Å². The van der Waals surface area contributed by atoms with Gasteiger partial charge in [-0.2, -0.15) is 0 Å². The van der Waals surface area contributed by atoms with Crippen molar-refractivity contribution in [1.29, 1.82) is 0 Å². The lowest BCUT2D eigenvalue weighted by atomic mass is 10.2. The fraction of sp³-hybridized carbons (Fsp3) is 0.222. The largest absolute Gasteiger partial charge is 0.337 e. The van der Waals surface area contributed by atoms with Crippen molar-refractivity contribution in [2.24, 2.45) is 0 Å². The molecule has 4 heteroatoms. The Bertz CT molecular complexity index is 317. The minimum Gasteiger partial charge on any atom is -0.337 e. The zero-order valence-electron chi connectivity index (χ0n) is 6.74. The first-order valence-electron chi connectivity index (χ1n) is 3.92. The molecule has 68 valence electrons. The Hall–Kier alpha value is -1.03. The van der Waals surface area contributed by atoms with Gasteiger partial charge in [0.2, 0.25) is 5.50 Å². The summed E-state index contributed by atoms with van der Waals surface area (Å²) in [4.78, 5) is 10.9. The van der Waals surface area contributed by atoms with Gasteiger partial charge < -0.3 is 5.32 Å². The summed E-state index contributed by atoms with van der Waals surface area (Å²) < 4.78 is 12.8. The number of amides is 1. The predicted molar refractivity (Wildman–Crippen MR) is 49.8 cm³/mol. The van der Waals surface area contributed by atoms with E-state index in [9.17, 15) is 9.18 Å². The molecule has 1 N–H and O–H groups in total. The van der Waals surface area contributed by atoms with Crippen LogP contribution in [0.15, 0.2) is 30.3 Å². The molecule has 1 fully saturated rings. The molecule has 0 spiro atoms. The standard InChI is InChI=1S/C9H8FNOS/c10-7-8(12)11-9(13-7)6-4-2-1-3-5-6/h1-5,7,9H,(H,11,12). The molecule has 0 radical (unpaired) electrons. The highest BCUT2D eigenvalue weighted by Gasteiger charge is 2.33. The Labute approximate surface area is 79.5 Å². The Balaban J connectivity index is 2.17. The smallest absolute Gasteiger partial charge is 0.266 e. The Morgan fingerprint density at radius 2 is 2.00 bits per heavy atom. The third kappa shape index (κ3) is 1.67. The van der Waals surface area contributed by atoms with Crippen LogP contribution in [-0.4, -0.2) is 11.4 Å². The third-order valence-corrected chi connectivity index (χ3v) is 2.95. The maximum Gasteiger partial charge on any atom is 0.266 e. The number of carbonyl (C=O) groups is 1. The van der Waals surface area contributed by atoms with Crippen molar-refractivity contribution >= 4 is 17.7 Å². The van der Waals surface area contributed by atoms with Gasteiger partial charge in [-0.25, -0.2) is 4.39 Å². The van der Waals surface area contributed by atoms with Crippen LogP contribution in [0.5, 0.6) is 0 Å². The molecule has 0 bridgehead atoms. The predicted octanol–water partition coefficient (Wildman–Crippen LogP) is 1.84. The molecule has 2 atom stereocenters. The van der Waals surface area contributed by atoms with Gasteiger partial charge in [-0.05, 0) is 5.56 Å². The number of hydrogen-bond acceptors (Lipinski definition) is 2. The minimum atomic E-state index is -1.43. The molecule has 1 aliphatic rings. The van der Waals surface area contributed by atoms with Crippen LogP contribution in [0.1, 0.15) is 10.9 Å². The fourth-order valence-corrected chi connectivity index (χ4v) is 2.13. The van der Waals surface area contributed by atoms with Crippen LogP contribution in [0.4, 0.5) is 4.39 Å². The first-order chi connectivity index (χ1) is 6.27. The van der Waals surface area contributed by atoms with Gasteiger partial charge >= 0.3 is 0 Å². The minimum absolute atomic E-state index is 0.233. The van der Waals surface area contributed by atoms with Crippen LogP contribution >= 0.6 is 11.8 Å². The first kappa shape index (κ1) is 8.56. The van der Waals surface area contributed by atoms with Crippen molar-refractivity contribution in [2.75, 3.05) is 0 Å². The fourth-order valence-electron chi connectivity index (χ4n) is 1.20. The van der Waals surface area contributed by atoms with Crippen molar-refractivity contribution in [2.45, 2.75) is 10.9 Å². The van der Waals surface area contributed by atoms with E-state index >= 15 is 0 Å². The van der Waals surface area contributed by atoms with Crippen LogP contribution in [0.25, 0.3) is 0 Å². The topological polar surface area (TPSA) is 29.1 Å². The Morgan fingerprint density at radius 1 is 1.31 bits per heavy atom. The highest BCUT2D eigenvalue weighted by atomic mass is 32.2. The van der Waals surface area contributed by atoms with E-state index in [4.69, 9.17) is 0 Å². The molecular formula is C9H8FNOS. The lowest BCUT2D eigenvalue weighted by Crippen LogP contribution is -2.21. The molecule has 1 aliphatic heterocycles. The monoisotopic (exact) mass is 197 g/mol. The molecule has 13 heavy (non-hydrogen) atoms. The molecule has 1 amide bonds. The van der Waals surface area contributed by atoms with Crippen molar-refractivity contribution in [3.63, 3.8) is 0 Å². The summed E-state index contributed by atoms with van der Waals surface area (Å²) in [6, 6.07) is 9.37. The highest BCUT2D eigenvalue weighted by molar-refractivity contribution is 8.01. The Kier molecular flexibility index (Phi) is 2.22. The Morgan fingerprint density at radius 3 is 2.54 bits per heavy atom. The van der Waals surface area contributed by atoms with Crippen molar-refractivity contribution < 1.29 is 9.18 Å². The van der Waals surface area contributed by atoms with E-state index in [1.54, 1.807) is 0 Å². The number of rotatable bonds is 1. The summed E-state index contributed by atoms with van der Waals surface area (Å²) in [6.45, 7) is 0. The molecule has 0 aliphatic carbocycles. The maximum atomic E-state index is 12.8. The highest BCUT2D eigenvalue weighted by Crippen LogP contribution is 2.35. The van der Waals surface area contributed by atoms with Crippen LogP contribution < -0.4 is 5.32 Å².